The van der Waals surface area contributed by atoms with Crippen molar-refractivity contribution < 1.29 is 5.11 Å². The molecule has 1 heterocycles. The van der Waals surface area contributed by atoms with Crippen LogP contribution in [0.15, 0.2) is 33.2 Å². The van der Waals surface area contributed by atoms with Crippen LogP contribution in [0.3, 0.4) is 0 Å². The molecule has 3 rings (SSSR count). The van der Waals surface area contributed by atoms with Gasteiger partial charge < -0.3 is 5.11 Å². The quantitative estimate of drug-likeness (QED) is 0.639. The third kappa shape index (κ3) is 3.71. The van der Waals surface area contributed by atoms with Crippen molar-refractivity contribution in [3.8, 4) is 11.9 Å². The number of pyridine rings is 1. The Kier molecular flexibility index (Phi) is 5.83. The molecule has 140 valence electrons. The van der Waals surface area contributed by atoms with Crippen molar-refractivity contribution in [2.24, 2.45) is 10.2 Å². The Bertz CT molecular complexity index is 982. The number of aromatic nitrogens is 1. The van der Waals surface area contributed by atoms with Gasteiger partial charge in [-0.3, -0.25) is 9.36 Å². The maximum atomic E-state index is 13.0. The second kappa shape index (κ2) is 8.12. The summed E-state index contributed by atoms with van der Waals surface area (Å²) in [4.78, 5) is 13.0. The number of halogens is 2. The summed E-state index contributed by atoms with van der Waals surface area (Å²) < 4.78 is 1.28. The van der Waals surface area contributed by atoms with E-state index in [0.29, 0.717) is 10.0 Å². The van der Waals surface area contributed by atoms with Crippen molar-refractivity contribution in [3.63, 3.8) is 0 Å². The van der Waals surface area contributed by atoms with Crippen LogP contribution in [0.1, 0.15) is 49.3 Å². The highest BCUT2D eigenvalue weighted by molar-refractivity contribution is 6.38. The zero-order valence-electron chi connectivity index (χ0n) is 14.7. The number of nitrogens with zero attached hydrogens (tertiary/aromatic N) is 4. The monoisotopic (exact) mass is 404 g/mol. The van der Waals surface area contributed by atoms with Gasteiger partial charge >= 0.3 is 0 Å². The van der Waals surface area contributed by atoms with Gasteiger partial charge in [0, 0.05) is 11.6 Å². The minimum absolute atomic E-state index is 0.00547. The largest absolute Gasteiger partial charge is 0.493 e. The zero-order chi connectivity index (χ0) is 19.6. The number of hydrogen-bond donors (Lipinski definition) is 1. The van der Waals surface area contributed by atoms with E-state index in [0.717, 1.165) is 32.1 Å². The van der Waals surface area contributed by atoms with Gasteiger partial charge in [-0.2, -0.15) is 5.26 Å². The summed E-state index contributed by atoms with van der Waals surface area (Å²) in [5, 5.41) is 28.7. The summed E-state index contributed by atoms with van der Waals surface area (Å²) >= 11 is 12.2. The molecular formula is C19H18Cl2N4O2. The minimum atomic E-state index is -0.470. The van der Waals surface area contributed by atoms with Gasteiger partial charge in [-0.05, 0) is 31.9 Å². The van der Waals surface area contributed by atoms with E-state index in [9.17, 15) is 15.2 Å². The summed E-state index contributed by atoms with van der Waals surface area (Å²) in [5.41, 5.74) is 0.0857. The first kappa shape index (κ1) is 19.4. The van der Waals surface area contributed by atoms with Crippen LogP contribution >= 0.6 is 23.2 Å². The molecule has 1 aromatic heterocycles. The second-order valence-corrected chi connectivity index (χ2v) is 7.34. The van der Waals surface area contributed by atoms with Gasteiger partial charge in [-0.15, -0.1) is 10.2 Å². The highest BCUT2D eigenvalue weighted by Gasteiger charge is 2.25. The molecule has 0 bridgehead atoms. The maximum Gasteiger partial charge on any atom is 0.281 e. The van der Waals surface area contributed by atoms with Crippen molar-refractivity contribution in [1.29, 1.82) is 5.26 Å². The van der Waals surface area contributed by atoms with Crippen LogP contribution in [0, 0.1) is 18.3 Å². The van der Waals surface area contributed by atoms with Gasteiger partial charge in [0.15, 0.2) is 5.69 Å². The van der Waals surface area contributed by atoms with Crippen molar-refractivity contribution in [2.75, 3.05) is 0 Å². The van der Waals surface area contributed by atoms with Crippen LogP contribution in [0.2, 0.25) is 10.0 Å². The fraction of sp³-hybridized carbons (Fsp3) is 0.368. The molecule has 0 atom stereocenters. The van der Waals surface area contributed by atoms with Gasteiger partial charge in [-0.25, -0.2) is 0 Å². The van der Waals surface area contributed by atoms with E-state index in [-0.39, 0.29) is 34.4 Å². The highest BCUT2D eigenvalue weighted by atomic mass is 35.5. The number of hydrogen-bond acceptors (Lipinski definition) is 5. The number of nitriles is 1. The topological polar surface area (TPSA) is 90.7 Å². The molecule has 2 aromatic rings. The smallest absolute Gasteiger partial charge is 0.281 e. The van der Waals surface area contributed by atoms with Gasteiger partial charge in [-0.1, -0.05) is 48.5 Å². The average Bonchev–Trinajstić information content (AvgIpc) is 2.65. The Hall–Kier alpha value is -2.36. The first-order chi connectivity index (χ1) is 13.0. The molecule has 1 saturated carbocycles. The molecule has 6 nitrogen and oxygen atoms in total. The SMILES string of the molecule is Cc1c(C#N)c(O)n(C2CCCCC2)c(=O)c1N=Nc1c(Cl)cccc1Cl. The lowest BCUT2D eigenvalue weighted by Gasteiger charge is -2.25. The lowest BCUT2D eigenvalue weighted by atomic mass is 9.94. The predicted octanol–water partition coefficient (Wildman–Crippen LogP) is 5.96. The van der Waals surface area contributed by atoms with Crippen LogP contribution in [-0.2, 0) is 0 Å². The molecule has 0 saturated heterocycles. The lowest BCUT2D eigenvalue weighted by Crippen LogP contribution is -2.27. The first-order valence-electron chi connectivity index (χ1n) is 8.69. The predicted molar refractivity (Wildman–Crippen MR) is 105 cm³/mol. The van der Waals surface area contributed by atoms with Crippen molar-refractivity contribution in [2.45, 2.75) is 45.1 Å². The molecule has 0 radical (unpaired) electrons. The highest BCUT2D eigenvalue weighted by Crippen LogP contribution is 2.36. The number of benzene rings is 1. The van der Waals surface area contributed by atoms with E-state index in [2.05, 4.69) is 10.2 Å². The number of aromatic hydroxyl groups is 1. The zero-order valence-corrected chi connectivity index (χ0v) is 16.3. The van der Waals surface area contributed by atoms with Crippen LogP contribution in [0.25, 0.3) is 0 Å². The third-order valence-electron chi connectivity index (χ3n) is 4.84. The van der Waals surface area contributed by atoms with Gasteiger partial charge in [0.1, 0.15) is 17.3 Å². The molecule has 1 aliphatic carbocycles. The van der Waals surface area contributed by atoms with Crippen LogP contribution in [-0.4, -0.2) is 9.67 Å². The summed E-state index contributed by atoms with van der Waals surface area (Å²) in [6, 6.07) is 6.73. The molecule has 0 unspecified atom stereocenters. The van der Waals surface area contributed by atoms with E-state index in [1.807, 2.05) is 6.07 Å². The summed E-state index contributed by atoms with van der Waals surface area (Å²) in [6.45, 7) is 1.56. The Morgan fingerprint density at radius 3 is 2.33 bits per heavy atom. The van der Waals surface area contributed by atoms with Gasteiger partial charge in [0.25, 0.3) is 5.56 Å². The average molecular weight is 405 g/mol. The maximum absolute atomic E-state index is 13.0. The fourth-order valence-electron chi connectivity index (χ4n) is 3.39. The van der Waals surface area contributed by atoms with Crippen LogP contribution in [0.5, 0.6) is 5.88 Å². The Balaban J connectivity index is 2.16. The molecule has 0 amide bonds. The normalized spacial score (nSPS) is 15.2. The number of rotatable bonds is 3. The van der Waals surface area contributed by atoms with Crippen molar-refractivity contribution in [3.05, 3.63) is 49.7 Å². The van der Waals surface area contributed by atoms with Crippen molar-refractivity contribution in [1.82, 2.24) is 4.57 Å². The Morgan fingerprint density at radius 2 is 1.74 bits per heavy atom. The molecule has 0 aliphatic heterocycles. The molecule has 1 aliphatic rings. The Labute approximate surface area is 166 Å². The molecule has 27 heavy (non-hydrogen) atoms. The van der Waals surface area contributed by atoms with Crippen LogP contribution in [0.4, 0.5) is 11.4 Å². The fourth-order valence-corrected chi connectivity index (χ4v) is 3.86. The lowest BCUT2D eigenvalue weighted by molar-refractivity contribution is 0.303. The van der Waals surface area contributed by atoms with Gasteiger partial charge in [0.2, 0.25) is 5.88 Å². The molecular weight excluding hydrogens is 387 g/mol. The Morgan fingerprint density at radius 1 is 1.15 bits per heavy atom. The third-order valence-corrected chi connectivity index (χ3v) is 5.45. The van der Waals surface area contributed by atoms with Gasteiger partial charge in [0.05, 0.1) is 10.0 Å². The molecule has 1 aromatic carbocycles. The van der Waals surface area contributed by atoms with E-state index >= 15 is 0 Å². The molecule has 8 heteroatoms. The van der Waals surface area contributed by atoms with E-state index in [1.54, 1.807) is 25.1 Å². The minimum Gasteiger partial charge on any atom is -0.493 e. The second-order valence-electron chi connectivity index (χ2n) is 6.52. The standard InChI is InChI=1S/C19H18Cl2N4O2/c1-11-13(10-22)18(26)25(12-6-3-2-4-7-12)19(27)16(11)23-24-17-14(20)8-5-9-15(17)21/h5,8-9,12,26H,2-4,6-7H2,1H3. The van der Waals surface area contributed by atoms with Crippen LogP contribution < -0.4 is 5.56 Å². The number of azo groups is 1. The molecule has 1 fully saturated rings. The van der Waals surface area contributed by atoms with E-state index in [4.69, 9.17) is 23.2 Å². The summed E-state index contributed by atoms with van der Waals surface area (Å²) in [7, 11) is 0. The molecule has 0 spiro atoms. The van der Waals surface area contributed by atoms with E-state index < -0.39 is 5.56 Å². The summed E-state index contributed by atoms with van der Waals surface area (Å²) in [5.74, 6) is -0.304. The summed E-state index contributed by atoms with van der Waals surface area (Å²) in [6.07, 6.45) is 4.58. The van der Waals surface area contributed by atoms with Crippen molar-refractivity contribution >= 4 is 34.6 Å². The first-order valence-corrected chi connectivity index (χ1v) is 9.45. The molecule has 1 N–H and O–H groups in total. The van der Waals surface area contributed by atoms with E-state index in [1.165, 1.54) is 4.57 Å².